The monoisotopic (exact) mass is 216 g/mol. The quantitative estimate of drug-likeness (QED) is 0.700. The highest BCUT2D eigenvalue weighted by Gasteiger charge is 2.60. The van der Waals surface area contributed by atoms with Crippen LogP contribution in [0.5, 0.6) is 0 Å². The highest BCUT2D eigenvalue weighted by Crippen LogP contribution is 2.44. The highest BCUT2D eigenvalue weighted by molar-refractivity contribution is 5.08. The van der Waals surface area contributed by atoms with Crippen molar-refractivity contribution in [2.45, 2.75) is 37.8 Å². The molecule has 4 nitrogen and oxygen atoms in total. The average molecular weight is 216 g/mol. The standard InChI is InChI=1S/C11H20O4/c1-7-5-14-9-8(2)15-11(7,6-12-3)10(9)13-4/h7-10H,5-6H2,1-4H3. The maximum Gasteiger partial charge on any atom is 0.125 e. The molecular formula is C11H20O4. The summed E-state index contributed by atoms with van der Waals surface area (Å²) in [4.78, 5) is 0. The summed E-state index contributed by atoms with van der Waals surface area (Å²) in [6.07, 6.45) is 0.104. The van der Waals surface area contributed by atoms with Crippen molar-refractivity contribution in [3.05, 3.63) is 0 Å². The second-order valence-corrected chi connectivity index (χ2v) is 4.57. The first kappa shape index (κ1) is 11.3. The van der Waals surface area contributed by atoms with Gasteiger partial charge in [0, 0.05) is 20.1 Å². The third-order valence-electron chi connectivity index (χ3n) is 3.64. The first-order chi connectivity index (χ1) is 7.15. The Morgan fingerprint density at radius 3 is 2.67 bits per heavy atom. The smallest absolute Gasteiger partial charge is 0.125 e. The lowest BCUT2D eigenvalue weighted by Crippen LogP contribution is -2.57. The number of hydrogen-bond acceptors (Lipinski definition) is 4. The van der Waals surface area contributed by atoms with Crippen molar-refractivity contribution in [3.63, 3.8) is 0 Å². The SMILES string of the molecule is COCC12OC(C)C(OCC1C)C2OC. The normalized spacial score (nSPS) is 49.6. The Morgan fingerprint density at radius 2 is 2.07 bits per heavy atom. The topological polar surface area (TPSA) is 36.9 Å². The van der Waals surface area contributed by atoms with Crippen molar-refractivity contribution in [1.82, 2.24) is 0 Å². The average Bonchev–Trinajstić information content (AvgIpc) is 2.41. The molecule has 0 spiro atoms. The van der Waals surface area contributed by atoms with Crippen molar-refractivity contribution in [2.24, 2.45) is 5.92 Å². The third-order valence-corrected chi connectivity index (χ3v) is 3.64. The summed E-state index contributed by atoms with van der Waals surface area (Å²) in [5.41, 5.74) is -0.328. The van der Waals surface area contributed by atoms with Crippen LogP contribution in [0, 0.1) is 5.92 Å². The minimum atomic E-state index is -0.328. The molecule has 0 aromatic heterocycles. The lowest BCUT2D eigenvalue weighted by molar-refractivity contribution is -0.185. The molecule has 4 heteroatoms. The molecule has 2 aliphatic heterocycles. The van der Waals surface area contributed by atoms with Gasteiger partial charge >= 0.3 is 0 Å². The van der Waals surface area contributed by atoms with Crippen LogP contribution in [0.1, 0.15) is 13.8 Å². The van der Waals surface area contributed by atoms with Gasteiger partial charge in [-0.15, -0.1) is 0 Å². The summed E-state index contributed by atoms with van der Waals surface area (Å²) in [6.45, 7) is 5.44. The Labute approximate surface area is 90.8 Å². The van der Waals surface area contributed by atoms with Crippen LogP contribution in [-0.4, -0.2) is 51.3 Å². The Hall–Kier alpha value is -0.160. The molecule has 88 valence electrons. The third kappa shape index (κ3) is 1.51. The van der Waals surface area contributed by atoms with E-state index in [0.717, 1.165) is 6.61 Å². The summed E-state index contributed by atoms with van der Waals surface area (Å²) in [6, 6.07) is 0. The molecule has 0 amide bonds. The van der Waals surface area contributed by atoms with E-state index in [2.05, 4.69) is 6.92 Å². The molecule has 0 radical (unpaired) electrons. The molecule has 2 fully saturated rings. The van der Waals surface area contributed by atoms with E-state index in [1.165, 1.54) is 0 Å². The number of methoxy groups -OCH3 is 2. The van der Waals surface area contributed by atoms with Crippen molar-refractivity contribution in [3.8, 4) is 0 Å². The maximum absolute atomic E-state index is 6.05. The Morgan fingerprint density at radius 1 is 1.33 bits per heavy atom. The lowest BCUT2D eigenvalue weighted by Gasteiger charge is -2.42. The van der Waals surface area contributed by atoms with Crippen LogP contribution in [0.4, 0.5) is 0 Å². The number of hydrogen-bond donors (Lipinski definition) is 0. The minimum absolute atomic E-state index is 0.0174. The van der Waals surface area contributed by atoms with Gasteiger partial charge in [0.1, 0.15) is 17.8 Å². The molecule has 0 N–H and O–H groups in total. The number of fused-ring (bicyclic) bond motifs is 2. The molecule has 0 aromatic carbocycles. The second-order valence-electron chi connectivity index (χ2n) is 4.57. The van der Waals surface area contributed by atoms with Crippen molar-refractivity contribution >= 4 is 0 Å². The molecule has 2 bridgehead atoms. The van der Waals surface area contributed by atoms with Gasteiger partial charge in [0.25, 0.3) is 0 Å². The Balaban J connectivity index is 2.28. The first-order valence-electron chi connectivity index (χ1n) is 5.47. The van der Waals surface area contributed by atoms with E-state index in [9.17, 15) is 0 Å². The number of ether oxygens (including phenoxy) is 4. The lowest BCUT2D eigenvalue weighted by atomic mass is 9.81. The molecule has 5 unspecified atom stereocenters. The molecule has 2 rings (SSSR count). The summed E-state index contributed by atoms with van der Waals surface area (Å²) in [7, 11) is 3.41. The van der Waals surface area contributed by atoms with Crippen LogP contribution in [0.3, 0.4) is 0 Å². The molecule has 2 saturated heterocycles. The fraction of sp³-hybridized carbons (Fsp3) is 1.00. The molecule has 0 aromatic rings. The van der Waals surface area contributed by atoms with E-state index in [0.29, 0.717) is 12.5 Å². The molecule has 15 heavy (non-hydrogen) atoms. The highest BCUT2D eigenvalue weighted by atomic mass is 16.6. The molecular weight excluding hydrogens is 196 g/mol. The zero-order valence-corrected chi connectivity index (χ0v) is 9.86. The van der Waals surface area contributed by atoms with Gasteiger partial charge < -0.3 is 18.9 Å². The van der Waals surface area contributed by atoms with E-state index in [-0.39, 0.29) is 23.9 Å². The predicted molar refractivity (Wildman–Crippen MR) is 54.9 cm³/mol. The van der Waals surface area contributed by atoms with Gasteiger partial charge in [0.05, 0.1) is 19.3 Å². The van der Waals surface area contributed by atoms with Crippen LogP contribution < -0.4 is 0 Å². The van der Waals surface area contributed by atoms with E-state index < -0.39 is 0 Å². The predicted octanol–water partition coefficient (Wildman–Crippen LogP) is 0.840. The molecule has 2 aliphatic rings. The maximum atomic E-state index is 6.05. The van der Waals surface area contributed by atoms with Gasteiger partial charge in [-0.25, -0.2) is 0 Å². The van der Waals surface area contributed by atoms with Gasteiger partial charge in [-0.1, -0.05) is 6.92 Å². The first-order valence-corrected chi connectivity index (χ1v) is 5.47. The van der Waals surface area contributed by atoms with Crippen molar-refractivity contribution in [2.75, 3.05) is 27.4 Å². The zero-order chi connectivity index (χ0) is 11.1. The molecule has 0 saturated carbocycles. The van der Waals surface area contributed by atoms with Crippen LogP contribution in [0.15, 0.2) is 0 Å². The minimum Gasteiger partial charge on any atom is -0.382 e. The Bertz CT molecular complexity index is 233. The second kappa shape index (κ2) is 4.01. The fourth-order valence-corrected chi connectivity index (χ4v) is 2.84. The van der Waals surface area contributed by atoms with Gasteiger partial charge in [0.2, 0.25) is 0 Å². The van der Waals surface area contributed by atoms with Gasteiger partial charge in [-0.3, -0.25) is 0 Å². The van der Waals surface area contributed by atoms with Gasteiger partial charge in [-0.2, -0.15) is 0 Å². The van der Waals surface area contributed by atoms with Gasteiger partial charge in [-0.05, 0) is 6.92 Å². The number of rotatable bonds is 3. The van der Waals surface area contributed by atoms with Crippen molar-refractivity contribution in [1.29, 1.82) is 0 Å². The van der Waals surface area contributed by atoms with E-state index in [1.807, 2.05) is 6.92 Å². The summed E-state index contributed by atoms with van der Waals surface area (Å²) < 4.78 is 22.7. The molecule has 2 heterocycles. The Kier molecular flexibility index (Phi) is 3.03. The van der Waals surface area contributed by atoms with E-state index >= 15 is 0 Å². The van der Waals surface area contributed by atoms with E-state index in [1.54, 1.807) is 14.2 Å². The van der Waals surface area contributed by atoms with Crippen LogP contribution in [0.2, 0.25) is 0 Å². The fourth-order valence-electron chi connectivity index (χ4n) is 2.84. The summed E-state index contributed by atoms with van der Waals surface area (Å²) in [5.74, 6) is 0.295. The van der Waals surface area contributed by atoms with Gasteiger partial charge in [0.15, 0.2) is 0 Å². The molecule has 0 aliphatic carbocycles. The van der Waals surface area contributed by atoms with Crippen LogP contribution >= 0.6 is 0 Å². The zero-order valence-electron chi connectivity index (χ0n) is 9.86. The molecule has 5 atom stereocenters. The summed E-state index contributed by atoms with van der Waals surface area (Å²) >= 11 is 0. The summed E-state index contributed by atoms with van der Waals surface area (Å²) in [5, 5.41) is 0. The van der Waals surface area contributed by atoms with E-state index in [4.69, 9.17) is 18.9 Å². The van der Waals surface area contributed by atoms with Crippen LogP contribution in [-0.2, 0) is 18.9 Å². The largest absolute Gasteiger partial charge is 0.382 e. The van der Waals surface area contributed by atoms with Crippen molar-refractivity contribution < 1.29 is 18.9 Å². The van der Waals surface area contributed by atoms with Crippen LogP contribution in [0.25, 0.3) is 0 Å².